The summed E-state index contributed by atoms with van der Waals surface area (Å²) in [6, 6.07) is 22.9. The van der Waals surface area contributed by atoms with E-state index in [-0.39, 0.29) is 43.9 Å². The first-order chi connectivity index (χ1) is 18.9. The highest BCUT2D eigenvalue weighted by Gasteiger charge is 2.30. The Morgan fingerprint density at radius 2 is 1.59 bits per heavy atom. The third-order valence-corrected chi connectivity index (χ3v) is 6.47. The predicted octanol–water partition coefficient (Wildman–Crippen LogP) is 3.52. The summed E-state index contributed by atoms with van der Waals surface area (Å²) in [5.74, 6) is -1.10. The topological polar surface area (TPSA) is 135 Å². The summed E-state index contributed by atoms with van der Waals surface area (Å²) in [4.78, 5) is 38.4. The van der Waals surface area contributed by atoms with Gasteiger partial charge in [0, 0.05) is 30.6 Å². The van der Waals surface area contributed by atoms with Crippen LogP contribution in [-0.2, 0) is 19.1 Å². The van der Waals surface area contributed by atoms with Gasteiger partial charge >= 0.3 is 12.1 Å². The minimum Gasteiger partial charge on any atom is -0.468 e. The normalized spacial score (nSPS) is 11.9. The first-order valence-electron chi connectivity index (χ1n) is 12.4. The van der Waals surface area contributed by atoms with Crippen LogP contribution in [0.2, 0.25) is 0 Å². The number of carbonyl (C=O) groups excluding carboxylic acids is 3. The molecule has 39 heavy (non-hydrogen) atoms. The molecule has 0 spiro atoms. The van der Waals surface area contributed by atoms with E-state index in [2.05, 4.69) is 17.4 Å². The molecule has 0 heterocycles. The summed E-state index contributed by atoms with van der Waals surface area (Å²) in [6.07, 6.45) is 2.31. The average Bonchev–Trinajstić information content (AvgIpc) is 3.28. The van der Waals surface area contributed by atoms with Crippen molar-refractivity contribution in [1.82, 2.24) is 10.2 Å². The Labute approximate surface area is 226 Å². The Hall–Kier alpha value is -4.92. The number of methoxy groups -OCH3 is 1. The van der Waals surface area contributed by atoms with Crippen LogP contribution in [0.25, 0.3) is 17.2 Å². The molecule has 4 rings (SSSR count). The van der Waals surface area contributed by atoms with Gasteiger partial charge in [-0.15, -0.1) is 0 Å². The van der Waals surface area contributed by atoms with Crippen LogP contribution in [-0.4, -0.2) is 62.1 Å². The fourth-order valence-corrected chi connectivity index (χ4v) is 4.46. The van der Waals surface area contributed by atoms with E-state index >= 15 is 0 Å². The molecule has 200 valence electrons. The monoisotopic (exact) mass is 526 g/mol. The standard InChI is InChI=1S/C30H30N4O5/c1-38-28(36)18-34(17-16-33-27(35)15-12-20-10-13-21(14-11-20)29(31)32)30(37)39-19-26-24-8-4-2-6-22(24)23-7-3-5-9-25(23)26/h2-15,26H,16-19H2,1H3,(H3,31,32)(H,33,35). The van der Waals surface area contributed by atoms with Crippen molar-refractivity contribution in [3.8, 4) is 11.1 Å². The molecule has 0 saturated carbocycles. The molecule has 4 N–H and O–H groups in total. The van der Waals surface area contributed by atoms with Gasteiger partial charge in [-0.25, -0.2) is 4.79 Å². The lowest BCUT2D eigenvalue weighted by atomic mass is 9.98. The number of ether oxygens (including phenoxy) is 2. The van der Waals surface area contributed by atoms with E-state index in [0.29, 0.717) is 5.56 Å². The molecule has 0 atom stereocenters. The van der Waals surface area contributed by atoms with Gasteiger partial charge < -0.3 is 20.5 Å². The van der Waals surface area contributed by atoms with E-state index in [1.165, 1.54) is 18.1 Å². The number of nitrogen functional groups attached to an aromatic ring is 1. The van der Waals surface area contributed by atoms with Crippen molar-refractivity contribution in [2.24, 2.45) is 5.73 Å². The van der Waals surface area contributed by atoms with Crippen LogP contribution in [0.15, 0.2) is 78.9 Å². The number of nitrogens with zero attached hydrogens (tertiary/aromatic N) is 1. The summed E-state index contributed by atoms with van der Waals surface area (Å²) in [5.41, 5.74) is 11.2. The smallest absolute Gasteiger partial charge is 0.410 e. The first kappa shape index (κ1) is 27.1. The molecule has 9 heteroatoms. The number of hydrogen-bond acceptors (Lipinski definition) is 6. The van der Waals surface area contributed by atoms with E-state index in [9.17, 15) is 14.4 Å². The fourth-order valence-electron chi connectivity index (χ4n) is 4.46. The molecule has 0 aliphatic heterocycles. The SMILES string of the molecule is COC(=O)CN(CCNC(=O)C=Cc1ccc(C(=N)N)cc1)C(=O)OCC1c2ccccc2-c2ccccc21. The highest BCUT2D eigenvalue weighted by atomic mass is 16.6. The minimum atomic E-state index is -0.669. The Morgan fingerprint density at radius 3 is 2.18 bits per heavy atom. The molecule has 9 nitrogen and oxygen atoms in total. The maximum absolute atomic E-state index is 13.0. The van der Waals surface area contributed by atoms with Gasteiger partial charge in [0.25, 0.3) is 0 Å². The molecule has 1 aliphatic carbocycles. The second-order valence-corrected chi connectivity index (χ2v) is 8.96. The van der Waals surface area contributed by atoms with Gasteiger partial charge in [-0.3, -0.25) is 19.9 Å². The van der Waals surface area contributed by atoms with Gasteiger partial charge in [-0.1, -0.05) is 72.8 Å². The van der Waals surface area contributed by atoms with Crippen LogP contribution < -0.4 is 11.1 Å². The lowest BCUT2D eigenvalue weighted by Crippen LogP contribution is -2.42. The highest BCUT2D eigenvalue weighted by molar-refractivity contribution is 5.95. The van der Waals surface area contributed by atoms with Crippen molar-refractivity contribution >= 4 is 29.9 Å². The summed E-state index contributed by atoms with van der Waals surface area (Å²) >= 11 is 0. The zero-order valence-corrected chi connectivity index (χ0v) is 21.6. The molecule has 3 aromatic rings. The van der Waals surface area contributed by atoms with Crippen LogP contribution in [0.3, 0.4) is 0 Å². The lowest BCUT2D eigenvalue weighted by Gasteiger charge is -2.22. The van der Waals surface area contributed by atoms with E-state index < -0.39 is 12.1 Å². The van der Waals surface area contributed by atoms with Crippen LogP contribution >= 0.6 is 0 Å². The summed E-state index contributed by atoms with van der Waals surface area (Å²) < 4.78 is 10.4. The minimum absolute atomic E-state index is 0.0313. The second kappa shape index (κ2) is 12.6. The van der Waals surface area contributed by atoms with Crippen LogP contribution in [0.1, 0.15) is 28.2 Å². The Morgan fingerprint density at radius 1 is 0.974 bits per heavy atom. The van der Waals surface area contributed by atoms with E-state index in [1.807, 2.05) is 36.4 Å². The van der Waals surface area contributed by atoms with Gasteiger partial charge in [0.05, 0.1) is 7.11 Å². The number of amides is 2. The van der Waals surface area contributed by atoms with Crippen LogP contribution in [0, 0.1) is 5.41 Å². The molecule has 0 saturated heterocycles. The molecule has 0 unspecified atom stereocenters. The zero-order valence-electron chi connectivity index (χ0n) is 21.6. The van der Waals surface area contributed by atoms with Crippen molar-refractivity contribution in [3.63, 3.8) is 0 Å². The third kappa shape index (κ3) is 6.70. The number of nitrogens with two attached hydrogens (primary N) is 1. The summed E-state index contributed by atoms with van der Waals surface area (Å²) in [7, 11) is 1.24. The number of rotatable bonds is 10. The number of fused-ring (bicyclic) bond motifs is 3. The van der Waals surface area contributed by atoms with Gasteiger partial charge in [0.2, 0.25) is 5.91 Å². The Balaban J connectivity index is 1.34. The Bertz CT molecular complexity index is 1350. The molecule has 0 aromatic heterocycles. The number of carbonyl (C=O) groups is 3. The quantitative estimate of drug-likeness (QED) is 0.160. The first-order valence-corrected chi connectivity index (χ1v) is 12.4. The van der Waals surface area contributed by atoms with Crippen molar-refractivity contribution in [2.45, 2.75) is 5.92 Å². The van der Waals surface area contributed by atoms with Crippen LogP contribution in [0.5, 0.6) is 0 Å². The van der Waals surface area contributed by atoms with E-state index in [4.69, 9.17) is 20.6 Å². The molecule has 2 amide bonds. The predicted molar refractivity (Wildman–Crippen MR) is 148 cm³/mol. The summed E-state index contributed by atoms with van der Waals surface area (Å²) in [6.45, 7) is -0.0320. The van der Waals surface area contributed by atoms with Crippen LogP contribution in [0.4, 0.5) is 4.79 Å². The third-order valence-electron chi connectivity index (χ3n) is 6.47. The number of amidine groups is 1. The van der Waals surface area contributed by atoms with Gasteiger partial charge in [0.15, 0.2) is 0 Å². The summed E-state index contributed by atoms with van der Waals surface area (Å²) in [5, 5.41) is 10.1. The second-order valence-electron chi connectivity index (χ2n) is 8.96. The molecule has 0 fully saturated rings. The average molecular weight is 527 g/mol. The van der Waals surface area contributed by atoms with Crippen molar-refractivity contribution < 1.29 is 23.9 Å². The zero-order chi connectivity index (χ0) is 27.8. The molecule has 1 aliphatic rings. The lowest BCUT2D eigenvalue weighted by molar-refractivity contribution is -0.141. The number of esters is 1. The largest absolute Gasteiger partial charge is 0.468 e. The molecule has 0 bridgehead atoms. The van der Waals surface area contributed by atoms with Crippen molar-refractivity contribution in [1.29, 1.82) is 5.41 Å². The van der Waals surface area contributed by atoms with E-state index in [0.717, 1.165) is 27.8 Å². The highest BCUT2D eigenvalue weighted by Crippen LogP contribution is 2.44. The number of benzene rings is 3. The fraction of sp³-hybridized carbons (Fsp3) is 0.200. The van der Waals surface area contributed by atoms with Gasteiger partial charge in [-0.05, 0) is 33.9 Å². The molecule has 0 radical (unpaired) electrons. The van der Waals surface area contributed by atoms with E-state index in [1.54, 1.807) is 30.3 Å². The molecule has 3 aromatic carbocycles. The molecular weight excluding hydrogens is 496 g/mol. The van der Waals surface area contributed by atoms with Crippen molar-refractivity contribution in [2.75, 3.05) is 33.4 Å². The maximum atomic E-state index is 13.0. The number of nitrogens with one attached hydrogen (secondary N) is 2. The van der Waals surface area contributed by atoms with Gasteiger partial charge in [-0.2, -0.15) is 0 Å². The Kier molecular flexibility index (Phi) is 8.73. The maximum Gasteiger partial charge on any atom is 0.410 e. The number of hydrogen-bond donors (Lipinski definition) is 3. The molecular formula is C30H30N4O5. The van der Waals surface area contributed by atoms with Crippen molar-refractivity contribution in [3.05, 3.63) is 101 Å². The van der Waals surface area contributed by atoms with Gasteiger partial charge in [0.1, 0.15) is 19.0 Å².